The molecule has 2 N–H and O–H groups in total. The van der Waals surface area contributed by atoms with Crippen LogP contribution < -0.4 is 15.2 Å². The van der Waals surface area contributed by atoms with Crippen LogP contribution in [0, 0.1) is 0 Å². The third-order valence-corrected chi connectivity index (χ3v) is 5.57. The van der Waals surface area contributed by atoms with E-state index in [0.29, 0.717) is 35.3 Å². The van der Waals surface area contributed by atoms with E-state index in [1.807, 2.05) is 0 Å². The summed E-state index contributed by atoms with van der Waals surface area (Å²) in [6.45, 7) is 0.629. The highest BCUT2D eigenvalue weighted by Gasteiger charge is 2.41. The Bertz CT molecular complexity index is 852. The summed E-state index contributed by atoms with van der Waals surface area (Å²) in [4.78, 5) is 19.5. The number of hydrogen-bond acceptors (Lipinski definition) is 7. The fourth-order valence-corrected chi connectivity index (χ4v) is 3.75. The molecule has 2 aliphatic rings. The van der Waals surface area contributed by atoms with Gasteiger partial charge in [0.2, 0.25) is 5.89 Å². The molecule has 1 amide bonds. The first-order valence-electron chi connectivity index (χ1n) is 9.22. The van der Waals surface area contributed by atoms with Crippen molar-refractivity contribution in [2.75, 3.05) is 20.8 Å². The lowest BCUT2D eigenvalue weighted by molar-refractivity contribution is 0.0706. The van der Waals surface area contributed by atoms with Gasteiger partial charge in [0.25, 0.3) is 5.91 Å². The van der Waals surface area contributed by atoms with Crippen LogP contribution in [-0.4, -0.2) is 41.7 Å². The van der Waals surface area contributed by atoms with Gasteiger partial charge in [-0.3, -0.25) is 4.79 Å². The van der Waals surface area contributed by atoms with Gasteiger partial charge in [0.05, 0.1) is 25.3 Å². The zero-order chi connectivity index (χ0) is 19.0. The van der Waals surface area contributed by atoms with E-state index in [-0.39, 0.29) is 24.4 Å². The second kappa shape index (κ2) is 7.97. The number of halogens is 1. The number of hydrogen-bond donors (Lipinski definition) is 1. The van der Waals surface area contributed by atoms with Crippen molar-refractivity contribution in [3.8, 4) is 11.5 Å². The van der Waals surface area contributed by atoms with Crippen molar-refractivity contribution in [1.82, 2.24) is 15.0 Å². The largest absolute Gasteiger partial charge is 0.497 e. The van der Waals surface area contributed by atoms with E-state index >= 15 is 0 Å². The molecule has 1 aromatic heterocycles. The highest BCUT2D eigenvalue weighted by atomic mass is 35.5. The average Bonchev–Trinajstić information content (AvgIpc) is 3.34. The molecule has 1 aromatic carbocycles. The molecule has 1 unspecified atom stereocenters. The molecule has 1 saturated carbocycles. The van der Waals surface area contributed by atoms with E-state index in [4.69, 9.17) is 19.7 Å². The smallest absolute Gasteiger partial charge is 0.258 e. The fraction of sp³-hybridized carbons (Fsp3) is 0.526. The predicted molar refractivity (Wildman–Crippen MR) is 104 cm³/mol. The summed E-state index contributed by atoms with van der Waals surface area (Å²) < 4.78 is 16.1. The first kappa shape index (κ1) is 20.4. The van der Waals surface area contributed by atoms with Gasteiger partial charge in [-0.05, 0) is 44.2 Å². The monoisotopic (exact) mass is 408 g/mol. The molecule has 1 atom stereocenters. The molecule has 8 nitrogen and oxygen atoms in total. The van der Waals surface area contributed by atoms with E-state index in [1.165, 1.54) is 7.11 Å². The number of likely N-dealkylation sites (tertiary alicyclic amines) is 1. The van der Waals surface area contributed by atoms with E-state index in [0.717, 1.165) is 32.1 Å². The van der Waals surface area contributed by atoms with E-state index in [9.17, 15) is 4.79 Å². The van der Waals surface area contributed by atoms with Crippen LogP contribution in [0.3, 0.4) is 0 Å². The molecule has 1 saturated heterocycles. The van der Waals surface area contributed by atoms with Crippen LogP contribution in [0.1, 0.15) is 60.2 Å². The van der Waals surface area contributed by atoms with Gasteiger partial charge < -0.3 is 24.6 Å². The highest BCUT2D eigenvalue weighted by molar-refractivity contribution is 5.97. The van der Waals surface area contributed by atoms with Gasteiger partial charge >= 0.3 is 0 Å². The van der Waals surface area contributed by atoms with Crippen molar-refractivity contribution < 1.29 is 18.8 Å². The third-order valence-electron chi connectivity index (χ3n) is 5.57. The molecule has 2 heterocycles. The number of benzene rings is 1. The number of amides is 1. The molecule has 2 fully saturated rings. The minimum Gasteiger partial charge on any atom is -0.497 e. The summed E-state index contributed by atoms with van der Waals surface area (Å²) in [7, 11) is 3.11. The maximum atomic E-state index is 13.2. The molecule has 1 aliphatic carbocycles. The average molecular weight is 409 g/mol. The SMILES string of the molecule is COc1ccc(C(=O)N2CCCC2c2nc(C3(N)CCC3)no2)c(OC)c1.Cl. The summed E-state index contributed by atoms with van der Waals surface area (Å²) in [6.07, 6.45) is 4.46. The molecular formula is C19H25ClN4O4. The fourth-order valence-electron chi connectivity index (χ4n) is 3.75. The maximum absolute atomic E-state index is 13.2. The van der Waals surface area contributed by atoms with Gasteiger partial charge in [0.15, 0.2) is 5.82 Å². The van der Waals surface area contributed by atoms with Crippen molar-refractivity contribution in [2.45, 2.75) is 43.7 Å². The lowest BCUT2D eigenvalue weighted by atomic mass is 9.77. The standard InChI is InChI=1S/C19H24N4O4.ClH/c1-25-12-6-7-13(15(11-12)26-2)17(24)23-10-3-5-14(23)16-21-18(22-27-16)19(20)8-4-9-19;/h6-7,11,14H,3-5,8-10,20H2,1-2H3;1H. The minimum absolute atomic E-state index is 0. The van der Waals surface area contributed by atoms with Crippen molar-refractivity contribution in [2.24, 2.45) is 5.73 Å². The van der Waals surface area contributed by atoms with Crippen molar-refractivity contribution >= 4 is 18.3 Å². The Labute approximate surface area is 169 Å². The molecule has 152 valence electrons. The summed E-state index contributed by atoms with van der Waals surface area (Å²) >= 11 is 0. The van der Waals surface area contributed by atoms with E-state index in [1.54, 1.807) is 30.2 Å². The number of nitrogens with zero attached hydrogens (tertiary/aromatic N) is 3. The van der Waals surface area contributed by atoms with Crippen molar-refractivity contribution in [1.29, 1.82) is 0 Å². The van der Waals surface area contributed by atoms with E-state index < -0.39 is 5.54 Å². The molecule has 1 aliphatic heterocycles. The first-order valence-corrected chi connectivity index (χ1v) is 9.22. The van der Waals surface area contributed by atoms with Gasteiger partial charge in [-0.2, -0.15) is 4.98 Å². The minimum atomic E-state index is -0.478. The van der Waals surface area contributed by atoms with Crippen LogP contribution in [0.2, 0.25) is 0 Å². The molecule has 0 bridgehead atoms. The Morgan fingerprint density at radius 1 is 1.29 bits per heavy atom. The molecule has 4 rings (SSSR count). The van der Waals surface area contributed by atoms with Crippen LogP contribution in [-0.2, 0) is 5.54 Å². The maximum Gasteiger partial charge on any atom is 0.258 e. The van der Waals surface area contributed by atoms with Crippen molar-refractivity contribution in [3.63, 3.8) is 0 Å². The van der Waals surface area contributed by atoms with Gasteiger partial charge in [-0.15, -0.1) is 12.4 Å². The van der Waals surface area contributed by atoms with Gasteiger partial charge in [0.1, 0.15) is 17.5 Å². The Morgan fingerprint density at radius 2 is 2.07 bits per heavy atom. The Kier molecular flexibility index (Phi) is 5.81. The highest BCUT2D eigenvalue weighted by Crippen LogP contribution is 2.39. The molecule has 2 aromatic rings. The van der Waals surface area contributed by atoms with Crippen molar-refractivity contribution in [3.05, 3.63) is 35.5 Å². The molecule has 28 heavy (non-hydrogen) atoms. The number of methoxy groups -OCH3 is 2. The van der Waals surface area contributed by atoms with Crippen LogP contribution in [0.5, 0.6) is 11.5 Å². The zero-order valence-corrected chi connectivity index (χ0v) is 16.8. The number of ether oxygens (including phenoxy) is 2. The normalized spacial score (nSPS) is 20.2. The number of nitrogens with two attached hydrogens (primary N) is 1. The first-order chi connectivity index (χ1) is 13.1. The lowest BCUT2D eigenvalue weighted by Gasteiger charge is -2.34. The van der Waals surface area contributed by atoms with Crippen LogP contribution in [0.4, 0.5) is 0 Å². The van der Waals surface area contributed by atoms with Crippen LogP contribution in [0.15, 0.2) is 22.7 Å². The molecule has 0 radical (unpaired) electrons. The molecule has 0 spiro atoms. The van der Waals surface area contributed by atoms with Crippen LogP contribution >= 0.6 is 12.4 Å². The van der Waals surface area contributed by atoms with Gasteiger partial charge in [-0.25, -0.2) is 0 Å². The summed E-state index contributed by atoms with van der Waals surface area (Å²) in [6, 6.07) is 4.94. The second-order valence-corrected chi connectivity index (χ2v) is 7.19. The summed E-state index contributed by atoms with van der Waals surface area (Å²) in [5.41, 5.74) is 6.30. The number of carbonyl (C=O) groups is 1. The lowest BCUT2D eigenvalue weighted by Crippen LogP contribution is -2.44. The van der Waals surface area contributed by atoms with Gasteiger partial charge in [0, 0.05) is 12.6 Å². The van der Waals surface area contributed by atoms with E-state index in [2.05, 4.69) is 10.1 Å². The third kappa shape index (κ3) is 3.42. The number of aromatic nitrogens is 2. The van der Waals surface area contributed by atoms with Crippen LogP contribution in [0.25, 0.3) is 0 Å². The Hall–Kier alpha value is -2.32. The number of carbonyl (C=O) groups excluding carboxylic acids is 1. The Balaban J connectivity index is 0.00000225. The number of rotatable bonds is 5. The summed E-state index contributed by atoms with van der Waals surface area (Å²) in [5, 5.41) is 4.09. The zero-order valence-electron chi connectivity index (χ0n) is 16.0. The quantitative estimate of drug-likeness (QED) is 0.811. The molecular weight excluding hydrogens is 384 g/mol. The Morgan fingerprint density at radius 3 is 2.71 bits per heavy atom. The van der Waals surface area contributed by atoms with Gasteiger partial charge in [-0.1, -0.05) is 5.16 Å². The predicted octanol–water partition coefficient (Wildman–Crippen LogP) is 2.82. The summed E-state index contributed by atoms with van der Waals surface area (Å²) in [5.74, 6) is 2.00. The molecule has 9 heteroatoms. The topological polar surface area (TPSA) is 104 Å². The second-order valence-electron chi connectivity index (χ2n) is 7.19.